The van der Waals surface area contributed by atoms with Crippen molar-refractivity contribution in [3.63, 3.8) is 0 Å². The summed E-state index contributed by atoms with van der Waals surface area (Å²) in [5.74, 6) is 0. The van der Waals surface area contributed by atoms with Gasteiger partial charge in [-0.3, -0.25) is 0 Å². The maximum Gasteiger partial charge on any atom is 0.494 e. The Bertz CT molecular complexity index is 7040. The highest BCUT2D eigenvalue weighted by Gasteiger charge is 2.52. The number of aryl methyl sites for hydroxylation is 2. The molecule has 0 unspecified atom stereocenters. The number of fused-ring (bicyclic) bond motifs is 12. The minimum atomic E-state index is -0.388. The number of nitrogens with zero attached hydrogens (tertiary/aromatic N) is 2. The van der Waals surface area contributed by atoms with E-state index in [0.29, 0.717) is 0 Å². The Kier molecular flexibility index (Phi) is 19.5. The van der Waals surface area contributed by atoms with E-state index >= 15 is 0 Å². The van der Waals surface area contributed by atoms with Gasteiger partial charge in [0.25, 0.3) is 0 Å². The van der Waals surface area contributed by atoms with Crippen LogP contribution in [0.3, 0.4) is 0 Å². The van der Waals surface area contributed by atoms with Crippen LogP contribution in [0, 0.1) is 0 Å². The first-order valence-corrected chi connectivity index (χ1v) is 42.9. The van der Waals surface area contributed by atoms with Crippen LogP contribution in [0.5, 0.6) is 0 Å². The Morgan fingerprint density at radius 3 is 0.739 bits per heavy atom. The van der Waals surface area contributed by atoms with Crippen LogP contribution in [0.2, 0.25) is 0 Å². The second-order valence-electron chi connectivity index (χ2n) is 32.3. The molecule has 572 valence electrons. The Hall–Kier alpha value is -12.7. The fourth-order valence-electron chi connectivity index (χ4n) is 18.8. The molecular weight excluding hydrogens is 1580 g/mol. The smallest absolute Gasteiger partial charge is 0.399 e. The highest BCUT2D eigenvalue weighted by atomic mass is 79.9. The molecule has 4 nitrogen and oxygen atoms in total. The van der Waals surface area contributed by atoms with Crippen molar-refractivity contribution in [3.8, 4) is 89.0 Å². The molecule has 0 bridgehead atoms. The molecule has 0 saturated carbocycles. The van der Waals surface area contributed by atoms with E-state index in [2.05, 4.69) is 465 Å². The topological polar surface area (TPSA) is 28.3 Å². The minimum absolute atomic E-state index is 0.371. The fourth-order valence-corrected chi connectivity index (χ4v) is 19.5. The number of rotatable bonds is 11. The minimum Gasteiger partial charge on any atom is -0.399 e. The molecule has 1 fully saturated rings. The van der Waals surface area contributed by atoms with Gasteiger partial charge in [0, 0.05) is 65.6 Å². The summed E-state index contributed by atoms with van der Waals surface area (Å²) in [6.07, 6.45) is 0. The maximum absolute atomic E-state index is 6.37. The summed E-state index contributed by atoms with van der Waals surface area (Å²) in [5.41, 5.74) is 25.2. The van der Waals surface area contributed by atoms with E-state index in [9.17, 15) is 0 Å². The van der Waals surface area contributed by atoms with Crippen LogP contribution in [0.25, 0.3) is 197 Å². The fraction of sp³-hybridized carbons (Fsp3) is 0.0893. The molecule has 1 aliphatic heterocycles. The zero-order chi connectivity index (χ0) is 80.6. The normalized spacial score (nSPS) is 13.2. The second kappa shape index (κ2) is 31.0. The van der Waals surface area contributed by atoms with Crippen molar-refractivity contribution in [1.29, 1.82) is 0 Å². The molecule has 19 aromatic carbocycles. The van der Waals surface area contributed by atoms with Crippen molar-refractivity contribution in [2.75, 3.05) is 0 Å². The van der Waals surface area contributed by atoms with E-state index in [1.807, 2.05) is 0 Å². The zero-order valence-electron chi connectivity index (χ0n) is 67.3. The molecule has 0 atom stereocenters. The molecule has 21 aromatic rings. The molecule has 0 radical (unpaired) electrons. The van der Waals surface area contributed by atoms with E-state index < -0.39 is 0 Å². The molecule has 22 rings (SSSR count). The third-order valence-electron chi connectivity index (χ3n) is 24.9. The lowest BCUT2D eigenvalue weighted by Crippen LogP contribution is -2.41. The maximum atomic E-state index is 6.37. The highest BCUT2D eigenvalue weighted by Crippen LogP contribution is 2.50. The molecule has 0 amide bonds. The third kappa shape index (κ3) is 13.3. The molecule has 0 aliphatic carbocycles. The average molecular weight is 1660 g/mol. The van der Waals surface area contributed by atoms with Crippen LogP contribution in [0.15, 0.2) is 391 Å². The highest BCUT2D eigenvalue weighted by molar-refractivity contribution is 9.10. The van der Waals surface area contributed by atoms with E-state index in [1.165, 1.54) is 197 Å². The predicted octanol–water partition coefficient (Wildman–Crippen LogP) is 31.4. The molecule has 119 heavy (non-hydrogen) atoms. The van der Waals surface area contributed by atoms with Crippen LogP contribution in [0.1, 0.15) is 41.5 Å². The van der Waals surface area contributed by atoms with Gasteiger partial charge in [0.15, 0.2) is 0 Å². The van der Waals surface area contributed by atoms with Crippen molar-refractivity contribution in [2.24, 2.45) is 0 Å². The Morgan fingerprint density at radius 2 is 0.445 bits per heavy atom. The summed E-state index contributed by atoms with van der Waals surface area (Å²) >= 11 is 7.09. The zero-order valence-corrected chi connectivity index (χ0v) is 70.5. The first kappa shape index (κ1) is 75.1. The van der Waals surface area contributed by atoms with Crippen LogP contribution < -0.4 is 5.46 Å². The van der Waals surface area contributed by atoms with Crippen molar-refractivity contribution >= 4 is 153 Å². The van der Waals surface area contributed by atoms with Gasteiger partial charge in [0.05, 0.1) is 11.2 Å². The Balaban J connectivity index is 0.000000143. The van der Waals surface area contributed by atoms with Crippen molar-refractivity contribution in [3.05, 3.63) is 391 Å². The lowest BCUT2D eigenvalue weighted by Gasteiger charge is -2.32. The summed E-state index contributed by atoms with van der Waals surface area (Å²) in [4.78, 5) is 0. The Morgan fingerprint density at radius 1 is 0.218 bits per heavy atom. The quantitative estimate of drug-likeness (QED) is 0.0954. The summed E-state index contributed by atoms with van der Waals surface area (Å²) in [7, 11) is -0.388. The van der Waals surface area contributed by atoms with Gasteiger partial charge in [0.1, 0.15) is 0 Å². The molecule has 1 saturated heterocycles. The van der Waals surface area contributed by atoms with Gasteiger partial charge in [-0.2, -0.15) is 0 Å². The van der Waals surface area contributed by atoms with Gasteiger partial charge in [-0.05, 0) is 273 Å². The molecule has 3 heterocycles. The molecule has 0 spiro atoms. The van der Waals surface area contributed by atoms with E-state index in [4.69, 9.17) is 9.31 Å². The summed E-state index contributed by atoms with van der Waals surface area (Å²) < 4.78 is 19.8. The van der Waals surface area contributed by atoms with Crippen LogP contribution in [0.4, 0.5) is 0 Å². The van der Waals surface area contributed by atoms with Crippen molar-refractivity contribution < 1.29 is 9.31 Å². The monoisotopic (exact) mass is 1660 g/mol. The second-order valence-corrected chi connectivity index (χ2v) is 34.1. The summed E-state index contributed by atoms with van der Waals surface area (Å²) in [6.45, 7) is 14.7. The van der Waals surface area contributed by atoms with E-state index in [1.54, 1.807) is 0 Å². The molecule has 1 aliphatic rings. The molecule has 7 heteroatoms. The SMILES string of the molecule is CC1(C)OB(c2cccc(-c3c4ccccc4c(-c4ccccc4)c4ccccc34)c2)OC1(C)C.CCn1c2ccc(-c3cccc(-c4c5ccccc5c(-c5ccccc5)c5ccccc45)c3)cc2c2cc(-c3cccc(-c4c5ccccc5c(-c5ccccc5)c5ccccc45)c3)ccc21.CCn1c2ccc(Br)cc2c2cc(Br)ccc21. The standard InChI is InChI=1S/C66H45N.C32H29BO2.C14H11Br2N/c1-2-67-61-37-35-47(45-23-17-25-49(39-45)65-55-31-13-9-27-51(55)63(43-19-5-3-6-20-43)52-28-10-14-32-56(52)65)41-59(61)60-42-48(36-38-62(60)67)46-24-18-26-50(40-46)66-57-33-15-11-29-53(57)64(44-21-7-4-8-22-44)54-30-12-16-34-58(54)66;1-31(2)32(3,4)35-33(34-31)24-16-12-15-23(21-24)30-27-19-10-8-17-25(27)29(22-13-6-5-7-14-22)26-18-9-11-20-28(26)30;1-2-17-13-5-3-9(15)7-11(13)12-8-10(16)4-6-14(12)17/h3-42H,2H2,1H3;5-21H,1-4H3;3-8H,2H2,1H3. The molecule has 0 N–H and O–H groups in total. The largest absolute Gasteiger partial charge is 0.494 e. The summed E-state index contributed by atoms with van der Waals surface area (Å²) in [6, 6.07) is 140. The van der Waals surface area contributed by atoms with Crippen LogP contribution in [-0.4, -0.2) is 27.5 Å². The van der Waals surface area contributed by atoms with Crippen LogP contribution >= 0.6 is 31.9 Å². The third-order valence-corrected chi connectivity index (χ3v) is 25.9. The lowest BCUT2D eigenvalue weighted by atomic mass is 9.77. The number of hydrogen-bond donors (Lipinski definition) is 0. The number of benzene rings is 19. The average Bonchev–Trinajstić information content (AvgIpc) is 1.73. The number of halogens is 2. The van der Waals surface area contributed by atoms with Gasteiger partial charge in [-0.1, -0.05) is 341 Å². The molecular formula is C112H85BBr2N2O2. The van der Waals surface area contributed by atoms with Gasteiger partial charge >= 0.3 is 7.12 Å². The van der Waals surface area contributed by atoms with Gasteiger partial charge < -0.3 is 18.4 Å². The van der Waals surface area contributed by atoms with Gasteiger partial charge in [0.2, 0.25) is 0 Å². The first-order chi connectivity index (χ1) is 58.3. The summed E-state index contributed by atoms with van der Waals surface area (Å²) in [5, 5.41) is 20.3. The molecule has 2 aromatic heterocycles. The van der Waals surface area contributed by atoms with Crippen LogP contribution in [-0.2, 0) is 22.4 Å². The van der Waals surface area contributed by atoms with Gasteiger partial charge in [-0.15, -0.1) is 0 Å². The van der Waals surface area contributed by atoms with Gasteiger partial charge in [-0.25, -0.2) is 0 Å². The number of hydrogen-bond acceptors (Lipinski definition) is 2. The number of aromatic nitrogens is 2. The predicted molar refractivity (Wildman–Crippen MR) is 516 cm³/mol. The van der Waals surface area contributed by atoms with Crippen molar-refractivity contribution in [1.82, 2.24) is 9.13 Å². The Labute approximate surface area is 711 Å². The van der Waals surface area contributed by atoms with E-state index in [-0.39, 0.29) is 18.3 Å². The lowest BCUT2D eigenvalue weighted by molar-refractivity contribution is 0.00578. The first-order valence-electron chi connectivity index (χ1n) is 41.3. The van der Waals surface area contributed by atoms with E-state index in [0.717, 1.165) is 27.5 Å². The van der Waals surface area contributed by atoms with Crippen molar-refractivity contribution in [2.45, 2.75) is 65.8 Å².